The first kappa shape index (κ1) is 98.0. The van der Waals surface area contributed by atoms with Crippen molar-refractivity contribution in [1.82, 2.24) is 74.4 Å². The third-order valence-corrected chi connectivity index (χ3v) is 16.5. The van der Waals surface area contributed by atoms with Gasteiger partial charge in [0.2, 0.25) is 94.5 Å². The summed E-state index contributed by atoms with van der Waals surface area (Å²) in [5.41, 5.74) is 27.3. The lowest BCUT2D eigenvalue weighted by Gasteiger charge is -2.28. The van der Waals surface area contributed by atoms with Gasteiger partial charge in [0.05, 0.1) is 32.2 Å². The molecule has 16 amide bonds. The second-order valence-electron chi connectivity index (χ2n) is 25.8. The molecule has 0 heterocycles. The minimum Gasteiger partial charge on any atom is -0.508 e. The van der Waals surface area contributed by atoms with E-state index in [1.165, 1.54) is 43.0 Å². The third-order valence-electron chi connectivity index (χ3n) is 15.8. The fourth-order valence-corrected chi connectivity index (χ4v) is 10.4. The summed E-state index contributed by atoms with van der Waals surface area (Å²) in [5.74, 6) is -25.2. The first-order valence-electron chi connectivity index (χ1n) is 34.8. The van der Waals surface area contributed by atoms with Gasteiger partial charge in [-0.3, -0.25) is 96.5 Å². The SMILES string of the molecule is CSCC[C@H](NC(=O)[C@H](CCC(N)=O)NC(=O)[C@H](Cc1ccc(O)cc1)NC(=O)[C@H](CCC(N)=O)NC(=O)CNC(=O)[C@H](CC(=O)O)NC(=O)[C@H](CO)NC(=O)[C@H](CCC(N)=O)NC(=O)[C@H](CCCNC(=N)N)NC(=O)[C@H](CC(C)C)NC(=O)[C@H](CCC(=O)O)NC(=O)CNC(=O)[C@H](CCC(=O)O)NC(=O)[C@H](C)N)C(=O)O. The fourth-order valence-electron chi connectivity index (χ4n) is 9.94. The van der Waals surface area contributed by atoms with E-state index in [2.05, 4.69) is 63.8 Å². The molecule has 0 aliphatic rings. The van der Waals surface area contributed by atoms with E-state index >= 15 is 0 Å². The van der Waals surface area contributed by atoms with Crippen molar-refractivity contribution >= 4 is 136 Å². The van der Waals surface area contributed by atoms with Crippen LogP contribution in [-0.2, 0) is 102 Å². The number of aliphatic hydroxyl groups excluding tert-OH is 1. The molecule has 0 bridgehead atoms. The maximum Gasteiger partial charge on any atom is 0.326 e. The summed E-state index contributed by atoms with van der Waals surface area (Å²) >= 11 is 1.27. The number of nitrogens with one attached hydrogen (secondary N) is 15. The molecule has 0 aliphatic heterocycles. The Morgan fingerprint density at radius 3 is 1.15 bits per heavy atom. The van der Waals surface area contributed by atoms with Crippen LogP contribution < -0.4 is 103 Å². The number of carbonyl (C=O) groups excluding carboxylic acids is 16. The smallest absolute Gasteiger partial charge is 0.326 e. The summed E-state index contributed by atoms with van der Waals surface area (Å²) in [5, 5.41) is 97.7. The Balaban J connectivity index is 3.58. The number of hydrogen-bond donors (Lipinski definition) is 26. The van der Waals surface area contributed by atoms with Gasteiger partial charge in [-0.2, -0.15) is 11.8 Å². The number of carbonyl (C=O) groups is 20. The average molecular weight is 1610 g/mol. The predicted molar refractivity (Wildman–Crippen MR) is 390 cm³/mol. The lowest BCUT2D eigenvalue weighted by Crippen LogP contribution is -2.60. The number of amides is 16. The van der Waals surface area contributed by atoms with E-state index < -0.39 is 300 Å². The van der Waals surface area contributed by atoms with Crippen LogP contribution >= 0.6 is 11.8 Å². The number of carboxylic acid groups (broad SMARTS) is 4. The molecule has 1 aromatic rings. The number of rotatable bonds is 56. The van der Waals surface area contributed by atoms with Gasteiger partial charge in [-0.05, 0) is 100 Å². The summed E-state index contributed by atoms with van der Waals surface area (Å²) in [4.78, 5) is 261. The van der Waals surface area contributed by atoms with Gasteiger partial charge in [-0.1, -0.05) is 26.0 Å². The molecule has 0 radical (unpaired) electrons. The minimum absolute atomic E-state index is 0.0529. The van der Waals surface area contributed by atoms with Crippen LogP contribution in [0.4, 0.5) is 0 Å². The molecule has 47 heteroatoms. The van der Waals surface area contributed by atoms with Crippen LogP contribution in [0.2, 0.25) is 0 Å². The standard InChI is InChI=1S/C65H102N20O26S/c1-30(2)24-41(82-58(104)37(15-20-51(95)96)76-48(91)27-73-54(100)35(14-19-50(93)94)77-53(99)31(3)66)61(107)78-34(6-5-22-72-65(70)71)56(102)79-39(13-18-47(69)90)60(106)85-44(29-86)63(109)84-43(26-52(97)98)55(101)74-28-49(92)75-36(11-16-45(67)88)57(103)83-42(25-32-7-9-33(87)10-8-32)62(108)80-38(12-17-46(68)89)59(105)81-40(64(110)111)21-23-112-4/h7-10,30-31,34-44,86-87H,5-6,11-29,66H2,1-4H3,(H2,67,88)(H2,68,89)(H2,69,90)(H,73,100)(H,74,101)(H,75,92)(H,76,91)(H,77,99)(H,78,107)(H,79,102)(H,80,108)(H,81,105)(H,82,104)(H,83,103)(H,84,109)(H,85,106)(H,93,94)(H,95,96)(H,97,98)(H,110,111)(H4,70,71,72)/t31-,34-,35-,36-,37-,38-,39-,40-,41-,42-,43-,44-/m0/s1. The second-order valence-corrected chi connectivity index (χ2v) is 26.8. The van der Waals surface area contributed by atoms with Crippen molar-refractivity contribution in [3.63, 3.8) is 0 Å². The van der Waals surface area contributed by atoms with Crippen LogP contribution in [0.25, 0.3) is 0 Å². The largest absolute Gasteiger partial charge is 0.508 e. The highest BCUT2D eigenvalue weighted by Crippen LogP contribution is 2.15. The summed E-state index contributed by atoms with van der Waals surface area (Å²) in [6.07, 6.45) is -6.64. The van der Waals surface area contributed by atoms with E-state index in [9.17, 15) is 121 Å². The van der Waals surface area contributed by atoms with Gasteiger partial charge in [0.25, 0.3) is 0 Å². The number of aromatic hydroxyl groups is 1. The molecule has 1 rings (SSSR count). The molecule has 46 nitrogen and oxygen atoms in total. The van der Waals surface area contributed by atoms with E-state index in [0.29, 0.717) is 0 Å². The first-order valence-corrected chi connectivity index (χ1v) is 36.2. The zero-order chi connectivity index (χ0) is 85.1. The highest BCUT2D eigenvalue weighted by molar-refractivity contribution is 7.98. The van der Waals surface area contributed by atoms with Gasteiger partial charge in [-0.25, -0.2) is 4.79 Å². The quantitative estimate of drug-likeness (QED) is 0.0164. The molecule has 0 fully saturated rings. The highest BCUT2D eigenvalue weighted by atomic mass is 32.2. The zero-order valence-corrected chi connectivity index (χ0v) is 62.6. The molecule has 1 aromatic carbocycles. The molecular weight excluding hydrogens is 1510 g/mol. The van der Waals surface area contributed by atoms with Gasteiger partial charge < -0.3 is 134 Å². The molecule has 0 spiro atoms. The Kier molecular flexibility index (Phi) is 44.9. The molecule has 12 atom stereocenters. The van der Waals surface area contributed by atoms with Crippen LogP contribution in [0.15, 0.2) is 24.3 Å². The number of nitrogens with two attached hydrogens (primary N) is 5. The average Bonchev–Trinajstić information content (AvgIpc) is 0.857. The number of thioether (sulfide) groups is 1. The number of guanidine groups is 1. The molecule has 624 valence electrons. The number of aliphatic carboxylic acids is 4. The minimum atomic E-state index is -2.16. The van der Waals surface area contributed by atoms with E-state index in [1.54, 1.807) is 20.1 Å². The number of carboxylic acids is 4. The molecule has 0 saturated heterocycles. The highest BCUT2D eigenvalue weighted by Gasteiger charge is 2.37. The van der Waals surface area contributed by atoms with Crippen molar-refractivity contribution in [2.45, 2.75) is 196 Å². The molecular formula is C65H102N20O26S. The lowest BCUT2D eigenvalue weighted by atomic mass is 10.0. The Hall–Kier alpha value is -12.0. The van der Waals surface area contributed by atoms with Crippen LogP contribution in [-0.4, -0.2) is 266 Å². The van der Waals surface area contributed by atoms with Gasteiger partial charge >= 0.3 is 23.9 Å². The maximum atomic E-state index is 14.3. The normalized spacial score (nSPS) is 14.1. The van der Waals surface area contributed by atoms with Crippen molar-refractivity contribution < 1.29 is 127 Å². The van der Waals surface area contributed by atoms with Crippen molar-refractivity contribution in [1.29, 1.82) is 5.41 Å². The van der Waals surface area contributed by atoms with E-state index in [-0.39, 0.29) is 49.3 Å². The van der Waals surface area contributed by atoms with Crippen molar-refractivity contribution in [3.05, 3.63) is 29.8 Å². The van der Waals surface area contributed by atoms with Gasteiger partial charge in [0.1, 0.15) is 72.2 Å². The fraction of sp³-hybridized carbons (Fsp3) is 0.585. The topological polar surface area (TPSA) is 785 Å². The van der Waals surface area contributed by atoms with Crippen molar-refractivity contribution in [2.75, 3.05) is 38.2 Å². The van der Waals surface area contributed by atoms with Crippen molar-refractivity contribution in [3.8, 4) is 5.75 Å². The van der Waals surface area contributed by atoms with Crippen LogP contribution in [0.1, 0.15) is 123 Å². The first-order chi connectivity index (χ1) is 52.5. The van der Waals surface area contributed by atoms with Gasteiger partial charge in [-0.15, -0.1) is 0 Å². The predicted octanol–water partition coefficient (Wildman–Crippen LogP) is -10.0. The van der Waals surface area contributed by atoms with Crippen LogP contribution in [0.3, 0.4) is 0 Å². The Morgan fingerprint density at radius 1 is 0.411 bits per heavy atom. The molecule has 0 aromatic heterocycles. The van der Waals surface area contributed by atoms with E-state index in [4.69, 9.17) is 39.2 Å². The number of phenolic OH excluding ortho intramolecular Hbond substituents is 1. The lowest BCUT2D eigenvalue weighted by molar-refractivity contribution is -0.142. The molecule has 0 unspecified atom stereocenters. The second kappa shape index (κ2) is 51.4. The molecule has 0 saturated carbocycles. The molecule has 112 heavy (non-hydrogen) atoms. The zero-order valence-electron chi connectivity index (χ0n) is 61.8. The third kappa shape index (κ3) is 41.0. The van der Waals surface area contributed by atoms with E-state index in [0.717, 1.165) is 0 Å². The number of aliphatic hydroxyl groups is 1. The number of benzene rings is 1. The summed E-state index contributed by atoms with van der Waals surface area (Å²) < 4.78 is 0. The monoisotopic (exact) mass is 1610 g/mol. The Bertz CT molecular complexity index is 3520. The molecule has 0 aliphatic carbocycles. The van der Waals surface area contributed by atoms with Crippen molar-refractivity contribution in [2.24, 2.45) is 34.6 Å². The Labute approximate surface area is 644 Å². The number of primary amides is 3. The molecule has 31 N–H and O–H groups in total. The van der Waals surface area contributed by atoms with Gasteiger partial charge in [0, 0.05) is 45.1 Å². The summed E-state index contributed by atoms with van der Waals surface area (Å²) in [6, 6.07) is -15.4. The van der Waals surface area contributed by atoms with Crippen LogP contribution in [0, 0.1) is 11.3 Å². The van der Waals surface area contributed by atoms with E-state index in [1.807, 2.05) is 10.6 Å². The Morgan fingerprint density at radius 2 is 0.759 bits per heavy atom. The summed E-state index contributed by atoms with van der Waals surface area (Å²) in [6.45, 7) is 0.976. The number of phenols is 1. The van der Waals surface area contributed by atoms with Crippen LogP contribution in [0.5, 0.6) is 5.75 Å². The van der Waals surface area contributed by atoms with Gasteiger partial charge in [0.15, 0.2) is 5.96 Å². The number of hydrogen-bond acceptors (Lipinski definition) is 25. The maximum absolute atomic E-state index is 14.3. The summed E-state index contributed by atoms with van der Waals surface area (Å²) in [7, 11) is 0.